The first-order valence-electron chi connectivity index (χ1n) is 4.42. The molecule has 0 aliphatic heterocycles. The van der Waals surface area contributed by atoms with Crippen LogP contribution in [-0.2, 0) is 4.79 Å². The molecule has 78 valence electrons. The third-order valence-corrected chi connectivity index (χ3v) is 1.78. The van der Waals surface area contributed by atoms with Crippen molar-refractivity contribution < 1.29 is 9.90 Å². The van der Waals surface area contributed by atoms with Crippen LogP contribution >= 0.6 is 0 Å². The van der Waals surface area contributed by atoms with E-state index in [1.54, 1.807) is 30.2 Å². The summed E-state index contributed by atoms with van der Waals surface area (Å²) in [7, 11) is 0. The minimum Gasteiger partial charge on any atom is -0.372 e. The topological polar surface area (TPSA) is 67.2 Å². The van der Waals surface area contributed by atoms with E-state index in [0.29, 0.717) is 0 Å². The van der Waals surface area contributed by atoms with Crippen LogP contribution < -0.4 is 5.32 Å². The summed E-state index contributed by atoms with van der Waals surface area (Å²) in [4.78, 5) is 15.4. The van der Waals surface area contributed by atoms with Gasteiger partial charge in [0.25, 0.3) is 0 Å². The first-order chi connectivity index (χ1) is 6.40. The van der Waals surface area contributed by atoms with Gasteiger partial charge in [-0.3, -0.25) is 4.79 Å². The predicted octanol–water partition coefficient (Wildman–Crippen LogP) is 0.289. The van der Waals surface area contributed by atoms with Crippen molar-refractivity contribution in [2.24, 2.45) is 0 Å². The summed E-state index contributed by atoms with van der Waals surface area (Å²) < 4.78 is 1.67. The summed E-state index contributed by atoms with van der Waals surface area (Å²) in [6, 6.07) is -0.371. The molecule has 0 aliphatic rings. The van der Waals surface area contributed by atoms with Crippen molar-refractivity contribution in [1.82, 2.24) is 14.9 Å². The van der Waals surface area contributed by atoms with E-state index in [0.717, 1.165) is 0 Å². The molecular weight excluding hydrogens is 182 g/mol. The number of aromatic nitrogens is 2. The Hall–Kier alpha value is -1.36. The summed E-state index contributed by atoms with van der Waals surface area (Å²) >= 11 is 0. The molecule has 0 radical (unpaired) electrons. The predicted molar refractivity (Wildman–Crippen MR) is 51.4 cm³/mol. The quantitative estimate of drug-likeness (QED) is 0.684. The van der Waals surface area contributed by atoms with Gasteiger partial charge in [-0.1, -0.05) is 0 Å². The Balaban J connectivity index is 2.63. The second-order valence-corrected chi connectivity index (χ2v) is 3.73. The third kappa shape index (κ3) is 2.85. The zero-order valence-corrected chi connectivity index (χ0v) is 8.56. The maximum Gasteiger partial charge on any atom is 0.244 e. The highest BCUT2D eigenvalue weighted by Crippen LogP contribution is 2.06. The van der Waals surface area contributed by atoms with E-state index >= 15 is 0 Å². The fraction of sp³-hybridized carbons (Fsp3) is 0.556. The minimum absolute atomic E-state index is 0.240. The fourth-order valence-electron chi connectivity index (χ4n) is 1.04. The summed E-state index contributed by atoms with van der Waals surface area (Å²) in [5.41, 5.74) is -1.19. The van der Waals surface area contributed by atoms with E-state index in [9.17, 15) is 9.90 Å². The van der Waals surface area contributed by atoms with E-state index in [2.05, 4.69) is 10.3 Å². The molecule has 0 spiro atoms. The number of rotatable bonds is 3. The van der Waals surface area contributed by atoms with Gasteiger partial charge in [0.2, 0.25) is 5.91 Å². The molecule has 0 aliphatic carbocycles. The van der Waals surface area contributed by atoms with Crippen molar-refractivity contribution in [2.75, 3.05) is 0 Å². The van der Waals surface area contributed by atoms with Gasteiger partial charge in [0, 0.05) is 12.4 Å². The molecule has 14 heavy (non-hydrogen) atoms. The van der Waals surface area contributed by atoms with Gasteiger partial charge in [0.1, 0.15) is 11.8 Å². The van der Waals surface area contributed by atoms with Gasteiger partial charge in [-0.05, 0) is 20.8 Å². The summed E-state index contributed by atoms with van der Waals surface area (Å²) in [5.74, 6) is -0.240. The molecule has 0 aromatic carbocycles. The molecule has 0 bridgehead atoms. The van der Waals surface area contributed by atoms with Crippen LogP contribution in [0.2, 0.25) is 0 Å². The molecule has 0 fully saturated rings. The van der Waals surface area contributed by atoms with Gasteiger partial charge in [0.05, 0.1) is 6.33 Å². The number of amides is 1. The largest absolute Gasteiger partial charge is 0.372 e. The Kier molecular flexibility index (Phi) is 2.90. The Bertz CT molecular complexity index is 300. The van der Waals surface area contributed by atoms with Gasteiger partial charge in [-0.2, -0.15) is 0 Å². The van der Waals surface area contributed by atoms with Crippen LogP contribution in [0.4, 0.5) is 0 Å². The lowest BCUT2D eigenvalue weighted by atomic mass is 10.2. The molecule has 1 atom stereocenters. The Morgan fingerprint density at radius 2 is 2.29 bits per heavy atom. The van der Waals surface area contributed by atoms with Crippen LogP contribution in [0.5, 0.6) is 0 Å². The number of hydrogen-bond acceptors (Lipinski definition) is 3. The highest BCUT2D eigenvalue weighted by atomic mass is 16.3. The molecule has 1 amide bonds. The molecule has 1 aromatic heterocycles. The van der Waals surface area contributed by atoms with E-state index < -0.39 is 5.72 Å². The molecule has 5 heteroatoms. The SMILES string of the molecule is C[C@@H](C(=O)NC(C)(C)O)n1ccnc1. The van der Waals surface area contributed by atoms with E-state index in [-0.39, 0.29) is 11.9 Å². The van der Waals surface area contributed by atoms with Crippen LogP contribution in [0, 0.1) is 0 Å². The Morgan fingerprint density at radius 1 is 1.64 bits per heavy atom. The maximum absolute atomic E-state index is 11.5. The van der Waals surface area contributed by atoms with Crippen molar-refractivity contribution in [3.8, 4) is 0 Å². The van der Waals surface area contributed by atoms with Crippen LogP contribution in [0.15, 0.2) is 18.7 Å². The molecule has 1 heterocycles. The van der Waals surface area contributed by atoms with Crippen molar-refractivity contribution in [2.45, 2.75) is 32.5 Å². The molecule has 1 rings (SSSR count). The molecule has 2 N–H and O–H groups in total. The summed E-state index contributed by atoms with van der Waals surface area (Å²) in [6.07, 6.45) is 4.87. The average Bonchev–Trinajstić information content (AvgIpc) is 2.51. The highest BCUT2D eigenvalue weighted by Gasteiger charge is 2.21. The Labute approximate surface area is 82.8 Å². The number of aliphatic hydroxyl groups is 1. The van der Waals surface area contributed by atoms with Gasteiger partial charge < -0.3 is 15.0 Å². The van der Waals surface area contributed by atoms with E-state index in [1.165, 1.54) is 13.8 Å². The Morgan fingerprint density at radius 3 is 2.71 bits per heavy atom. The van der Waals surface area contributed by atoms with Crippen molar-refractivity contribution in [3.63, 3.8) is 0 Å². The molecule has 0 saturated heterocycles. The van der Waals surface area contributed by atoms with Gasteiger partial charge in [-0.15, -0.1) is 0 Å². The van der Waals surface area contributed by atoms with Crippen molar-refractivity contribution >= 4 is 5.91 Å². The van der Waals surface area contributed by atoms with Crippen LogP contribution in [-0.4, -0.2) is 26.3 Å². The lowest BCUT2D eigenvalue weighted by molar-refractivity contribution is -0.129. The first kappa shape index (κ1) is 10.7. The normalized spacial score (nSPS) is 13.7. The standard InChI is InChI=1S/C9H15N3O2/c1-7(12-5-4-10-6-12)8(13)11-9(2,3)14/h4-7,14H,1-3H3,(H,11,13)/t7-/m0/s1. The third-order valence-electron chi connectivity index (χ3n) is 1.78. The molecule has 1 aromatic rings. The number of nitrogens with one attached hydrogen (secondary N) is 1. The number of nitrogens with zero attached hydrogens (tertiary/aromatic N) is 2. The zero-order valence-electron chi connectivity index (χ0n) is 8.56. The highest BCUT2D eigenvalue weighted by molar-refractivity contribution is 5.80. The fourth-order valence-corrected chi connectivity index (χ4v) is 1.04. The van der Waals surface area contributed by atoms with Gasteiger partial charge in [-0.25, -0.2) is 4.98 Å². The monoisotopic (exact) mass is 197 g/mol. The summed E-state index contributed by atoms with van der Waals surface area (Å²) in [5, 5.41) is 11.9. The number of imidazole rings is 1. The zero-order chi connectivity index (χ0) is 10.8. The van der Waals surface area contributed by atoms with Crippen LogP contribution in [0.25, 0.3) is 0 Å². The summed E-state index contributed by atoms with van der Waals surface area (Å²) in [6.45, 7) is 4.78. The number of hydrogen-bond donors (Lipinski definition) is 2. The van der Waals surface area contributed by atoms with Crippen molar-refractivity contribution in [1.29, 1.82) is 0 Å². The molecule has 0 saturated carbocycles. The number of carbonyl (C=O) groups excluding carboxylic acids is 1. The minimum atomic E-state index is -1.19. The average molecular weight is 197 g/mol. The number of carbonyl (C=O) groups is 1. The van der Waals surface area contributed by atoms with Crippen LogP contribution in [0.1, 0.15) is 26.8 Å². The lowest BCUT2D eigenvalue weighted by Crippen LogP contribution is -2.45. The second kappa shape index (κ2) is 3.79. The first-order valence-corrected chi connectivity index (χ1v) is 4.42. The smallest absolute Gasteiger partial charge is 0.244 e. The lowest BCUT2D eigenvalue weighted by Gasteiger charge is -2.22. The van der Waals surface area contributed by atoms with E-state index in [1.807, 2.05) is 0 Å². The molecular formula is C9H15N3O2. The maximum atomic E-state index is 11.5. The molecule has 0 unspecified atom stereocenters. The van der Waals surface area contributed by atoms with Gasteiger partial charge in [0.15, 0.2) is 0 Å². The van der Waals surface area contributed by atoms with E-state index in [4.69, 9.17) is 0 Å². The van der Waals surface area contributed by atoms with Gasteiger partial charge >= 0.3 is 0 Å². The second-order valence-electron chi connectivity index (χ2n) is 3.73. The van der Waals surface area contributed by atoms with Crippen molar-refractivity contribution in [3.05, 3.63) is 18.7 Å². The molecule has 5 nitrogen and oxygen atoms in total. The van der Waals surface area contributed by atoms with Crippen LogP contribution in [0.3, 0.4) is 0 Å².